The fourth-order valence-corrected chi connectivity index (χ4v) is 3.28. The fourth-order valence-electron chi connectivity index (χ4n) is 1.92. The molecule has 0 unspecified atom stereocenters. The zero-order valence-corrected chi connectivity index (χ0v) is 12.1. The minimum Gasteiger partial charge on any atom is -0.274 e. The molecule has 102 valence electrons. The Balaban J connectivity index is 2.27. The molecular formula is C13H17N3O2S. The zero-order chi connectivity index (χ0) is 14.0. The Morgan fingerprint density at radius 3 is 2.42 bits per heavy atom. The maximum Gasteiger partial charge on any atom is 0.246 e. The van der Waals surface area contributed by atoms with Crippen molar-refractivity contribution in [2.24, 2.45) is 7.05 Å². The van der Waals surface area contributed by atoms with E-state index in [1.165, 1.54) is 15.2 Å². The molecule has 19 heavy (non-hydrogen) atoms. The van der Waals surface area contributed by atoms with Crippen LogP contribution in [0.15, 0.2) is 41.4 Å². The molecular weight excluding hydrogens is 262 g/mol. The van der Waals surface area contributed by atoms with Gasteiger partial charge in [0.15, 0.2) is 0 Å². The van der Waals surface area contributed by atoms with E-state index in [9.17, 15) is 8.42 Å². The highest BCUT2D eigenvalue weighted by Crippen LogP contribution is 2.19. The molecule has 0 N–H and O–H groups in total. The van der Waals surface area contributed by atoms with Gasteiger partial charge in [-0.05, 0) is 12.5 Å². The summed E-state index contributed by atoms with van der Waals surface area (Å²) in [6.07, 6.45) is 1.53. The van der Waals surface area contributed by atoms with Crippen molar-refractivity contribution in [3.8, 4) is 0 Å². The van der Waals surface area contributed by atoms with Gasteiger partial charge in [-0.1, -0.05) is 30.3 Å². The van der Waals surface area contributed by atoms with Gasteiger partial charge in [-0.15, -0.1) is 0 Å². The first-order valence-electron chi connectivity index (χ1n) is 5.92. The number of aromatic nitrogens is 2. The minimum absolute atomic E-state index is 0.258. The Morgan fingerprint density at radius 1 is 1.26 bits per heavy atom. The van der Waals surface area contributed by atoms with Crippen LogP contribution < -0.4 is 0 Å². The van der Waals surface area contributed by atoms with Gasteiger partial charge in [0.1, 0.15) is 4.90 Å². The number of nitrogens with zero attached hydrogens (tertiary/aromatic N) is 3. The van der Waals surface area contributed by atoms with Crippen LogP contribution in [0, 0.1) is 6.92 Å². The Hall–Kier alpha value is -1.66. The van der Waals surface area contributed by atoms with E-state index in [0.29, 0.717) is 12.2 Å². The first-order valence-corrected chi connectivity index (χ1v) is 7.36. The van der Waals surface area contributed by atoms with Gasteiger partial charge >= 0.3 is 0 Å². The van der Waals surface area contributed by atoms with Gasteiger partial charge in [0.2, 0.25) is 10.0 Å². The molecule has 0 radical (unpaired) electrons. The minimum atomic E-state index is -3.50. The quantitative estimate of drug-likeness (QED) is 0.853. The summed E-state index contributed by atoms with van der Waals surface area (Å²) in [5.41, 5.74) is 1.47. The normalized spacial score (nSPS) is 12.0. The molecule has 1 aromatic heterocycles. The van der Waals surface area contributed by atoms with Crippen LogP contribution in [0.2, 0.25) is 0 Å². The molecule has 0 amide bonds. The van der Waals surface area contributed by atoms with Crippen molar-refractivity contribution in [3.05, 3.63) is 47.8 Å². The van der Waals surface area contributed by atoms with Crippen molar-refractivity contribution >= 4 is 10.0 Å². The van der Waals surface area contributed by atoms with Gasteiger partial charge in [-0.3, -0.25) is 4.68 Å². The molecule has 0 aliphatic rings. The molecule has 1 heterocycles. The molecule has 2 aromatic rings. The van der Waals surface area contributed by atoms with Crippen LogP contribution in [0.4, 0.5) is 0 Å². The second kappa shape index (κ2) is 5.14. The van der Waals surface area contributed by atoms with E-state index >= 15 is 0 Å². The molecule has 0 bridgehead atoms. The van der Waals surface area contributed by atoms with Crippen LogP contribution in [-0.2, 0) is 23.6 Å². The number of benzene rings is 1. The van der Waals surface area contributed by atoms with Gasteiger partial charge < -0.3 is 0 Å². The molecule has 6 heteroatoms. The molecule has 2 rings (SSSR count). The Bertz CT molecular complexity index is 662. The van der Waals surface area contributed by atoms with E-state index in [1.54, 1.807) is 21.0 Å². The average molecular weight is 279 g/mol. The maximum atomic E-state index is 12.4. The topological polar surface area (TPSA) is 55.2 Å². The van der Waals surface area contributed by atoms with E-state index in [2.05, 4.69) is 5.10 Å². The summed E-state index contributed by atoms with van der Waals surface area (Å²) in [4.78, 5) is 0.258. The van der Waals surface area contributed by atoms with Gasteiger partial charge in [0.25, 0.3) is 0 Å². The highest BCUT2D eigenvalue weighted by Gasteiger charge is 2.24. The van der Waals surface area contributed by atoms with E-state index in [1.807, 2.05) is 30.3 Å². The molecule has 0 atom stereocenters. The van der Waals surface area contributed by atoms with Crippen LogP contribution in [-0.4, -0.2) is 29.6 Å². The lowest BCUT2D eigenvalue weighted by atomic mass is 10.2. The van der Waals surface area contributed by atoms with Crippen molar-refractivity contribution in [1.82, 2.24) is 14.1 Å². The Kier molecular flexibility index (Phi) is 3.73. The summed E-state index contributed by atoms with van der Waals surface area (Å²) >= 11 is 0. The Labute approximate surface area is 113 Å². The highest BCUT2D eigenvalue weighted by molar-refractivity contribution is 7.89. The predicted molar refractivity (Wildman–Crippen MR) is 73.0 cm³/mol. The first kappa shape index (κ1) is 13.8. The molecule has 1 aromatic carbocycles. The van der Waals surface area contributed by atoms with Gasteiger partial charge in [0.05, 0.1) is 5.69 Å². The second-order valence-electron chi connectivity index (χ2n) is 4.50. The third kappa shape index (κ3) is 2.85. The van der Waals surface area contributed by atoms with Crippen LogP contribution in [0.5, 0.6) is 0 Å². The molecule has 0 aliphatic heterocycles. The number of rotatable bonds is 4. The smallest absolute Gasteiger partial charge is 0.246 e. The molecule has 0 saturated heterocycles. The van der Waals surface area contributed by atoms with E-state index in [4.69, 9.17) is 0 Å². The van der Waals surface area contributed by atoms with E-state index in [-0.39, 0.29) is 4.90 Å². The summed E-state index contributed by atoms with van der Waals surface area (Å²) in [6, 6.07) is 9.50. The van der Waals surface area contributed by atoms with Crippen LogP contribution in [0.1, 0.15) is 11.3 Å². The third-order valence-corrected chi connectivity index (χ3v) is 4.81. The zero-order valence-electron chi connectivity index (χ0n) is 11.2. The van der Waals surface area contributed by atoms with E-state index in [0.717, 1.165) is 5.56 Å². The van der Waals surface area contributed by atoms with Crippen LogP contribution in [0.25, 0.3) is 0 Å². The van der Waals surface area contributed by atoms with E-state index < -0.39 is 10.0 Å². The predicted octanol–water partition coefficient (Wildman–Crippen LogP) is 1.55. The fraction of sp³-hybridized carbons (Fsp3) is 0.308. The van der Waals surface area contributed by atoms with Crippen molar-refractivity contribution in [2.75, 3.05) is 7.05 Å². The summed E-state index contributed by atoms with van der Waals surface area (Å²) in [5.74, 6) is 0. The van der Waals surface area contributed by atoms with Crippen LogP contribution in [0.3, 0.4) is 0 Å². The second-order valence-corrected chi connectivity index (χ2v) is 6.51. The standard InChI is InChI=1S/C13H17N3O2S/c1-11-13(10-15(2)14-11)19(17,18)16(3)9-12-7-5-4-6-8-12/h4-8,10H,9H2,1-3H3. The lowest BCUT2D eigenvalue weighted by Crippen LogP contribution is -2.26. The molecule has 5 nitrogen and oxygen atoms in total. The van der Waals surface area contributed by atoms with Crippen molar-refractivity contribution < 1.29 is 8.42 Å². The summed E-state index contributed by atoms with van der Waals surface area (Å²) in [5, 5.41) is 4.08. The maximum absolute atomic E-state index is 12.4. The monoisotopic (exact) mass is 279 g/mol. The largest absolute Gasteiger partial charge is 0.274 e. The van der Waals surface area contributed by atoms with Crippen molar-refractivity contribution in [3.63, 3.8) is 0 Å². The van der Waals surface area contributed by atoms with Gasteiger partial charge in [-0.2, -0.15) is 9.40 Å². The number of hydrogen-bond acceptors (Lipinski definition) is 3. The summed E-state index contributed by atoms with van der Waals surface area (Å²) < 4.78 is 27.7. The third-order valence-electron chi connectivity index (χ3n) is 2.90. The molecule has 0 fully saturated rings. The van der Waals surface area contributed by atoms with Crippen molar-refractivity contribution in [2.45, 2.75) is 18.4 Å². The average Bonchev–Trinajstić information content (AvgIpc) is 2.70. The highest BCUT2D eigenvalue weighted by atomic mass is 32.2. The first-order chi connectivity index (χ1) is 8.91. The molecule has 0 aliphatic carbocycles. The van der Waals surface area contributed by atoms with Gasteiger partial charge in [-0.25, -0.2) is 8.42 Å². The molecule has 0 spiro atoms. The Morgan fingerprint density at radius 2 is 1.89 bits per heavy atom. The summed E-state index contributed by atoms with van der Waals surface area (Å²) in [6.45, 7) is 2.04. The van der Waals surface area contributed by atoms with Gasteiger partial charge in [0, 0.05) is 26.8 Å². The SMILES string of the molecule is Cc1nn(C)cc1S(=O)(=O)N(C)Cc1ccccc1. The lowest BCUT2D eigenvalue weighted by molar-refractivity contribution is 0.466. The number of hydrogen-bond donors (Lipinski definition) is 0. The number of aryl methyl sites for hydroxylation is 2. The summed E-state index contributed by atoms with van der Waals surface area (Å²) in [7, 11) is -0.207. The lowest BCUT2D eigenvalue weighted by Gasteiger charge is -2.16. The van der Waals surface area contributed by atoms with Crippen molar-refractivity contribution in [1.29, 1.82) is 0 Å². The molecule has 0 saturated carbocycles. The van der Waals surface area contributed by atoms with Crippen LogP contribution >= 0.6 is 0 Å². The number of sulfonamides is 1.